The first-order valence-corrected chi connectivity index (χ1v) is 6.84. The third-order valence-electron chi connectivity index (χ3n) is 3.67. The molecule has 1 aliphatic rings. The van der Waals surface area contributed by atoms with Gasteiger partial charge < -0.3 is 19.5 Å². The molecule has 1 heterocycles. The summed E-state index contributed by atoms with van der Waals surface area (Å²) < 4.78 is 9.75. The van der Waals surface area contributed by atoms with E-state index in [-0.39, 0.29) is 17.2 Å². The first-order valence-electron chi connectivity index (χ1n) is 6.84. The molecule has 0 aliphatic carbocycles. The lowest BCUT2D eigenvalue weighted by molar-refractivity contribution is -0.147. The Hall–Kier alpha value is -2.24. The van der Waals surface area contributed by atoms with Crippen LogP contribution in [0, 0.1) is 0 Å². The SMILES string of the molecule is COC(=O)C1CCCCN1C(=O)c1ccc(OC)cc1O. The van der Waals surface area contributed by atoms with Gasteiger partial charge in [0.05, 0.1) is 19.8 Å². The van der Waals surface area contributed by atoms with E-state index in [9.17, 15) is 14.7 Å². The molecule has 0 saturated carbocycles. The number of carbonyl (C=O) groups is 2. The van der Waals surface area contributed by atoms with Gasteiger partial charge in [0.15, 0.2) is 0 Å². The summed E-state index contributed by atoms with van der Waals surface area (Å²) in [5.41, 5.74) is 0.159. The van der Waals surface area contributed by atoms with E-state index in [0.717, 1.165) is 12.8 Å². The normalized spacial score (nSPS) is 18.2. The number of piperidine rings is 1. The summed E-state index contributed by atoms with van der Waals surface area (Å²) in [6.45, 7) is 0.476. The van der Waals surface area contributed by atoms with Gasteiger partial charge in [-0.1, -0.05) is 0 Å². The molecule has 21 heavy (non-hydrogen) atoms. The van der Waals surface area contributed by atoms with Crippen LogP contribution in [0.4, 0.5) is 0 Å². The van der Waals surface area contributed by atoms with Crippen molar-refractivity contribution in [2.75, 3.05) is 20.8 Å². The van der Waals surface area contributed by atoms with Crippen molar-refractivity contribution < 1.29 is 24.2 Å². The highest BCUT2D eigenvalue weighted by Crippen LogP contribution is 2.27. The second-order valence-corrected chi connectivity index (χ2v) is 4.92. The van der Waals surface area contributed by atoms with Crippen molar-refractivity contribution in [3.63, 3.8) is 0 Å². The summed E-state index contributed by atoms with van der Waals surface area (Å²) in [5.74, 6) is -0.484. The van der Waals surface area contributed by atoms with E-state index in [4.69, 9.17) is 9.47 Å². The second-order valence-electron chi connectivity index (χ2n) is 4.92. The highest BCUT2D eigenvalue weighted by atomic mass is 16.5. The lowest BCUT2D eigenvalue weighted by atomic mass is 10.0. The number of amides is 1. The number of phenolic OH excluding ortho intramolecular Hbond substituents is 1. The Kier molecular flexibility index (Phi) is 4.67. The van der Waals surface area contributed by atoms with Crippen molar-refractivity contribution in [1.82, 2.24) is 4.90 Å². The molecule has 1 N–H and O–H groups in total. The molecule has 0 radical (unpaired) electrons. The molecular weight excluding hydrogens is 274 g/mol. The number of methoxy groups -OCH3 is 2. The van der Waals surface area contributed by atoms with Gasteiger partial charge in [-0.05, 0) is 31.4 Å². The third kappa shape index (κ3) is 3.09. The number of rotatable bonds is 3. The topological polar surface area (TPSA) is 76.1 Å². The summed E-state index contributed by atoms with van der Waals surface area (Å²) >= 11 is 0. The molecule has 6 nitrogen and oxygen atoms in total. The average Bonchev–Trinajstić information content (AvgIpc) is 2.53. The van der Waals surface area contributed by atoms with E-state index in [2.05, 4.69) is 0 Å². The summed E-state index contributed by atoms with van der Waals surface area (Å²) in [5, 5.41) is 9.96. The Morgan fingerprint density at radius 3 is 2.67 bits per heavy atom. The maximum Gasteiger partial charge on any atom is 0.328 e. The zero-order valence-electron chi connectivity index (χ0n) is 12.2. The standard InChI is InChI=1S/C15H19NO5/c1-20-10-6-7-11(13(17)9-10)14(18)16-8-4-3-5-12(16)15(19)21-2/h6-7,9,12,17H,3-5,8H2,1-2H3. The Bertz CT molecular complexity index is 543. The maximum atomic E-state index is 12.6. The van der Waals surface area contributed by atoms with Crippen LogP contribution in [0.3, 0.4) is 0 Å². The Morgan fingerprint density at radius 1 is 1.29 bits per heavy atom. The van der Waals surface area contributed by atoms with E-state index in [1.54, 1.807) is 6.07 Å². The molecular formula is C15H19NO5. The monoisotopic (exact) mass is 293 g/mol. The van der Waals surface area contributed by atoms with Gasteiger partial charge >= 0.3 is 5.97 Å². The van der Waals surface area contributed by atoms with E-state index in [0.29, 0.717) is 18.7 Å². The summed E-state index contributed by atoms with van der Waals surface area (Å²) in [6, 6.07) is 3.89. The molecule has 114 valence electrons. The fourth-order valence-corrected chi connectivity index (χ4v) is 2.53. The van der Waals surface area contributed by atoms with Gasteiger partial charge in [0.25, 0.3) is 5.91 Å². The average molecular weight is 293 g/mol. The molecule has 1 atom stereocenters. The van der Waals surface area contributed by atoms with Crippen LogP contribution in [0.5, 0.6) is 11.5 Å². The molecule has 6 heteroatoms. The quantitative estimate of drug-likeness (QED) is 0.856. The van der Waals surface area contributed by atoms with Crippen molar-refractivity contribution in [1.29, 1.82) is 0 Å². The zero-order valence-corrected chi connectivity index (χ0v) is 12.2. The molecule has 1 unspecified atom stereocenters. The van der Waals surface area contributed by atoms with Crippen molar-refractivity contribution in [3.8, 4) is 11.5 Å². The van der Waals surface area contributed by atoms with E-state index in [1.165, 1.54) is 31.3 Å². The van der Waals surface area contributed by atoms with E-state index < -0.39 is 12.0 Å². The smallest absolute Gasteiger partial charge is 0.328 e. The van der Waals surface area contributed by atoms with Crippen molar-refractivity contribution in [3.05, 3.63) is 23.8 Å². The number of likely N-dealkylation sites (tertiary alicyclic amines) is 1. The predicted octanol–water partition coefficient (Wildman–Crippen LogP) is 1.57. The van der Waals surface area contributed by atoms with E-state index >= 15 is 0 Å². The van der Waals surface area contributed by atoms with Crippen LogP contribution >= 0.6 is 0 Å². The number of esters is 1. The van der Waals surface area contributed by atoms with Gasteiger partial charge in [-0.3, -0.25) is 4.79 Å². The fourth-order valence-electron chi connectivity index (χ4n) is 2.53. The van der Waals surface area contributed by atoms with Gasteiger partial charge in [0.2, 0.25) is 0 Å². The molecule has 1 fully saturated rings. The molecule has 1 aromatic carbocycles. The molecule has 2 rings (SSSR count). The van der Waals surface area contributed by atoms with Crippen molar-refractivity contribution >= 4 is 11.9 Å². The molecule has 0 aromatic heterocycles. The van der Waals surface area contributed by atoms with Gasteiger partial charge in [-0.25, -0.2) is 4.79 Å². The number of nitrogens with zero attached hydrogens (tertiary/aromatic N) is 1. The Labute approximate surface area is 123 Å². The minimum absolute atomic E-state index is 0.159. The van der Waals surface area contributed by atoms with Crippen LogP contribution in [0.15, 0.2) is 18.2 Å². The van der Waals surface area contributed by atoms with Gasteiger partial charge in [-0.15, -0.1) is 0 Å². The minimum atomic E-state index is -0.585. The Morgan fingerprint density at radius 2 is 2.05 bits per heavy atom. The number of aromatic hydroxyl groups is 1. The van der Waals surface area contributed by atoms with Gasteiger partial charge in [0.1, 0.15) is 17.5 Å². The molecule has 0 bridgehead atoms. The highest BCUT2D eigenvalue weighted by Gasteiger charge is 2.34. The summed E-state index contributed by atoms with van der Waals surface area (Å²) in [6.07, 6.45) is 2.28. The number of carbonyl (C=O) groups excluding carboxylic acids is 2. The minimum Gasteiger partial charge on any atom is -0.507 e. The lowest BCUT2D eigenvalue weighted by Crippen LogP contribution is -2.48. The predicted molar refractivity (Wildman–Crippen MR) is 75.4 cm³/mol. The molecule has 1 aromatic rings. The Balaban J connectivity index is 2.26. The summed E-state index contributed by atoms with van der Waals surface area (Å²) in [7, 11) is 2.79. The van der Waals surface area contributed by atoms with Crippen LogP contribution in [0.2, 0.25) is 0 Å². The zero-order chi connectivity index (χ0) is 15.4. The summed E-state index contributed by atoms with van der Waals surface area (Å²) in [4.78, 5) is 25.8. The molecule has 1 amide bonds. The van der Waals surface area contributed by atoms with Crippen LogP contribution in [-0.2, 0) is 9.53 Å². The number of ether oxygens (including phenoxy) is 2. The van der Waals surface area contributed by atoms with E-state index in [1.807, 2.05) is 0 Å². The van der Waals surface area contributed by atoms with Crippen molar-refractivity contribution in [2.24, 2.45) is 0 Å². The lowest BCUT2D eigenvalue weighted by Gasteiger charge is -2.33. The number of phenols is 1. The fraction of sp³-hybridized carbons (Fsp3) is 0.467. The highest BCUT2D eigenvalue weighted by molar-refractivity contribution is 5.99. The van der Waals surface area contributed by atoms with Crippen LogP contribution < -0.4 is 4.74 Å². The second kappa shape index (κ2) is 6.47. The molecule has 1 saturated heterocycles. The third-order valence-corrected chi connectivity index (χ3v) is 3.67. The maximum absolute atomic E-state index is 12.6. The van der Waals surface area contributed by atoms with Gasteiger partial charge in [0, 0.05) is 12.6 Å². The number of benzene rings is 1. The van der Waals surface area contributed by atoms with Gasteiger partial charge in [-0.2, -0.15) is 0 Å². The van der Waals surface area contributed by atoms with Crippen molar-refractivity contribution in [2.45, 2.75) is 25.3 Å². The first-order chi connectivity index (χ1) is 10.1. The number of hydrogen-bond acceptors (Lipinski definition) is 5. The first kappa shape index (κ1) is 15.2. The molecule has 0 spiro atoms. The van der Waals surface area contributed by atoms with Crippen LogP contribution in [-0.4, -0.2) is 48.7 Å². The van der Waals surface area contributed by atoms with Crippen LogP contribution in [0.25, 0.3) is 0 Å². The largest absolute Gasteiger partial charge is 0.507 e. The number of hydrogen-bond donors (Lipinski definition) is 1. The van der Waals surface area contributed by atoms with Crippen LogP contribution in [0.1, 0.15) is 29.6 Å². The molecule has 1 aliphatic heterocycles.